The van der Waals surface area contributed by atoms with Gasteiger partial charge in [0.1, 0.15) is 11.5 Å². The number of alkyl halides is 6. The second-order valence-corrected chi connectivity index (χ2v) is 4.45. The highest BCUT2D eigenvalue weighted by atomic mass is 19.4. The molecule has 0 amide bonds. The predicted octanol–water partition coefficient (Wildman–Crippen LogP) is 3.93. The number of ether oxygens (including phenoxy) is 2. The molecule has 0 aliphatic rings. The first-order chi connectivity index (χ1) is 9.41. The summed E-state index contributed by atoms with van der Waals surface area (Å²) in [5, 5.41) is 0. The van der Waals surface area contributed by atoms with Gasteiger partial charge in [0, 0.05) is 6.07 Å². The van der Waals surface area contributed by atoms with Crippen molar-refractivity contribution in [2.45, 2.75) is 38.4 Å². The van der Waals surface area contributed by atoms with Crippen molar-refractivity contribution >= 4 is 5.69 Å². The molecule has 0 aliphatic carbocycles. The lowest BCUT2D eigenvalue weighted by Gasteiger charge is -2.24. The largest absolute Gasteiger partial charge is 0.489 e. The Morgan fingerprint density at radius 2 is 1.48 bits per heavy atom. The van der Waals surface area contributed by atoms with Crippen LogP contribution in [0.15, 0.2) is 18.2 Å². The summed E-state index contributed by atoms with van der Waals surface area (Å²) in [5.74, 6) is -0.690. The van der Waals surface area contributed by atoms with Crippen LogP contribution in [0.25, 0.3) is 0 Å². The fraction of sp³-hybridized carbons (Fsp3) is 0.500. The highest BCUT2D eigenvalue weighted by molar-refractivity contribution is 5.55. The molecular formula is C12H13F6NO2. The third-order valence-electron chi connectivity index (χ3n) is 2.20. The molecule has 0 unspecified atom stereocenters. The standard InChI is InChI=1S/C12H13F6NO2/c1-6(2)20-9-5-7(3-4-8(9)19)21-10(11(13,14)15)12(16,17)18/h3-6,10H,19H2,1-2H3. The van der Waals surface area contributed by atoms with E-state index in [1.54, 1.807) is 13.8 Å². The average Bonchev–Trinajstić information content (AvgIpc) is 2.26. The lowest BCUT2D eigenvalue weighted by Crippen LogP contribution is -2.46. The number of benzene rings is 1. The maximum Gasteiger partial charge on any atom is 0.434 e. The molecule has 21 heavy (non-hydrogen) atoms. The van der Waals surface area contributed by atoms with E-state index >= 15 is 0 Å². The number of halogens is 6. The molecule has 1 aromatic carbocycles. The van der Waals surface area contributed by atoms with E-state index in [1.165, 1.54) is 0 Å². The lowest BCUT2D eigenvalue weighted by molar-refractivity contribution is -0.299. The lowest BCUT2D eigenvalue weighted by atomic mass is 10.2. The van der Waals surface area contributed by atoms with Gasteiger partial charge >= 0.3 is 12.4 Å². The van der Waals surface area contributed by atoms with E-state index in [4.69, 9.17) is 10.5 Å². The van der Waals surface area contributed by atoms with Crippen LogP contribution in [0.4, 0.5) is 32.0 Å². The second-order valence-electron chi connectivity index (χ2n) is 4.45. The Morgan fingerprint density at radius 3 is 1.90 bits per heavy atom. The van der Waals surface area contributed by atoms with Crippen molar-refractivity contribution in [3.05, 3.63) is 18.2 Å². The maximum atomic E-state index is 12.4. The van der Waals surface area contributed by atoms with Crippen LogP contribution >= 0.6 is 0 Å². The molecule has 2 N–H and O–H groups in total. The molecule has 0 spiro atoms. The molecule has 0 bridgehead atoms. The third-order valence-corrected chi connectivity index (χ3v) is 2.20. The third kappa shape index (κ3) is 4.91. The highest BCUT2D eigenvalue weighted by Crippen LogP contribution is 2.38. The van der Waals surface area contributed by atoms with Crippen molar-refractivity contribution in [2.75, 3.05) is 5.73 Å². The number of nitrogens with two attached hydrogens (primary N) is 1. The summed E-state index contributed by atoms with van der Waals surface area (Å²) in [6.07, 6.45) is -15.4. The van der Waals surface area contributed by atoms with Gasteiger partial charge in [0.05, 0.1) is 11.8 Å². The first-order valence-electron chi connectivity index (χ1n) is 5.77. The molecule has 0 radical (unpaired) electrons. The van der Waals surface area contributed by atoms with Gasteiger partial charge in [-0.2, -0.15) is 26.3 Å². The van der Waals surface area contributed by atoms with Crippen LogP contribution in [0.1, 0.15) is 13.8 Å². The number of rotatable bonds is 4. The average molecular weight is 317 g/mol. The second kappa shape index (κ2) is 5.90. The zero-order valence-corrected chi connectivity index (χ0v) is 11.0. The molecule has 0 atom stereocenters. The van der Waals surface area contributed by atoms with Crippen molar-refractivity contribution in [1.29, 1.82) is 0 Å². The van der Waals surface area contributed by atoms with Crippen LogP contribution in [-0.2, 0) is 0 Å². The van der Waals surface area contributed by atoms with Crippen LogP contribution in [0.5, 0.6) is 11.5 Å². The summed E-state index contributed by atoms with van der Waals surface area (Å²) in [7, 11) is 0. The van der Waals surface area contributed by atoms with E-state index in [9.17, 15) is 26.3 Å². The summed E-state index contributed by atoms with van der Waals surface area (Å²) >= 11 is 0. The van der Waals surface area contributed by atoms with Crippen molar-refractivity contribution in [1.82, 2.24) is 0 Å². The Labute approximate surface area is 116 Å². The number of hydrogen-bond acceptors (Lipinski definition) is 3. The molecule has 1 rings (SSSR count). The van der Waals surface area contributed by atoms with Gasteiger partial charge in [0.25, 0.3) is 6.10 Å². The Morgan fingerprint density at radius 1 is 0.952 bits per heavy atom. The molecule has 0 fully saturated rings. The summed E-state index contributed by atoms with van der Waals surface area (Å²) in [6.45, 7) is 3.25. The van der Waals surface area contributed by atoms with E-state index in [-0.39, 0.29) is 17.5 Å². The van der Waals surface area contributed by atoms with E-state index in [1.807, 2.05) is 0 Å². The first kappa shape index (κ1) is 17.3. The fourth-order valence-corrected chi connectivity index (χ4v) is 1.40. The zero-order chi connectivity index (χ0) is 16.4. The monoisotopic (exact) mass is 317 g/mol. The summed E-state index contributed by atoms with van der Waals surface area (Å²) in [4.78, 5) is 0. The summed E-state index contributed by atoms with van der Waals surface area (Å²) < 4.78 is 83.6. The number of nitrogen functional groups attached to an aromatic ring is 1. The molecule has 0 aromatic heterocycles. The number of hydrogen-bond donors (Lipinski definition) is 1. The molecule has 0 saturated heterocycles. The van der Waals surface area contributed by atoms with Crippen LogP contribution < -0.4 is 15.2 Å². The Balaban J connectivity index is 3.05. The molecule has 0 aliphatic heterocycles. The van der Waals surface area contributed by atoms with Crippen molar-refractivity contribution in [3.63, 3.8) is 0 Å². The molecule has 0 heterocycles. The van der Waals surface area contributed by atoms with Gasteiger partial charge in [-0.25, -0.2) is 0 Å². The molecule has 1 aromatic rings. The molecule has 9 heteroatoms. The molecule has 3 nitrogen and oxygen atoms in total. The number of anilines is 1. The topological polar surface area (TPSA) is 44.5 Å². The van der Waals surface area contributed by atoms with E-state index in [0.29, 0.717) is 0 Å². The normalized spacial score (nSPS) is 12.9. The smallest absolute Gasteiger partial charge is 0.434 e. The minimum atomic E-state index is -5.58. The van der Waals surface area contributed by atoms with Crippen molar-refractivity contribution in [3.8, 4) is 11.5 Å². The molecule has 120 valence electrons. The molecular weight excluding hydrogens is 304 g/mol. The fourth-order valence-electron chi connectivity index (χ4n) is 1.40. The van der Waals surface area contributed by atoms with E-state index in [0.717, 1.165) is 18.2 Å². The maximum absolute atomic E-state index is 12.4. The van der Waals surface area contributed by atoms with Gasteiger partial charge < -0.3 is 15.2 Å². The Kier molecular flexibility index (Phi) is 4.85. The Bertz CT molecular complexity index is 470. The highest BCUT2D eigenvalue weighted by Gasteiger charge is 2.59. The van der Waals surface area contributed by atoms with Crippen LogP contribution in [0.2, 0.25) is 0 Å². The van der Waals surface area contributed by atoms with Crippen LogP contribution in [-0.4, -0.2) is 24.6 Å². The summed E-state index contributed by atoms with van der Waals surface area (Å²) in [6, 6.07) is 2.91. The van der Waals surface area contributed by atoms with Crippen LogP contribution in [0, 0.1) is 0 Å². The van der Waals surface area contributed by atoms with Crippen molar-refractivity contribution < 1.29 is 35.8 Å². The van der Waals surface area contributed by atoms with Gasteiger partial charge in [-0.1, -0.05) is 0 Å². The van der Waals surface area contributed by atoms with Gasteiger partial charge in [0.15, 0.2) is 0 Å². The van der Waals surface area contributed by atoms with E-state index < -0.39 is 24.2 Å². The SMILES string of the molecule is CC(C)Oc1cc(OC(C(F)(F)F)C(F)(F)F)ccc1N. The quantitative estimate of drug-likeness (QED) is 0.676. The van der Waals surface area contributed by atoms with Gasteiger partial charge in [-0.3, -0.25) is 0 Å². The Hall–Kier alpha value is -1.80. The van der Waals surface area contributed by atoms with Gasteiger partial charge in [-0.05, 0) is 26.0 Å². The zero-order valence-electron chi connectivity index (χ0n) is 11.0. The predicted molar refractivity (Wildman–Crippen MR) is 63.1 cm³/mol. The molecule has 0 saturated carbocycles. The van der Waals surface area contributed by atoms with Crippen molar-refractivity contribution in [2.24, 2.45) is 0 Å². The van der Waals surface area contributed by atoms with Gasteiger partial charge in [0.2, 0.25) is 0 Å². The van der Waals surface area contributed by atoms with Gasteiger partial charge in [-0.15, -0.1) is 0 Å². The summed E-state index contributed by atoms with van der Waals surface area (Å²) in [5.41, 5.74) is 5.59. The van der Waals surface area contributed by atoms with Crippen LogP contribution in [0.3, 0.4) is 0 Å². The minimum Gasteiger partial charge on any atom is -0.489 e. The first-order valence-corrected chi connectivity index (χ1v) is 5.77. The minimum absolute atomic E-state index is 0.0504. The van der Waals surface area contributed by atoms with E-state index in [2.05, 4.69) is 4.74 Å².